The lowest BCUT2D eigenvalue weighted by molar-refractivity contribution is 0.0578. The topological polar surface area (TPSA) is 50.8 Å². The van der Waals surface area contributed by atoms with E-state index in [2.05, 4.69) is 31.2 Å². The molecule has 0 spiro atoms. The number of hydrogen-bond donors (Lipinski definition) is 1. The molecule has 1 aromatic carbocycles. The van der Waals surface area contributed by atoms with E-state index in [0.717, 1.165) is 19.3 Å². The van der Waals surface area contributed by atoms with Crippen molar-refractivity contribution in [3.63, 3.8) is 0 Å². The highest BCUT2D eigenvalue weighted by Crippen LogP contribution is 2.34. The molecule has 1 saturated carbocycles. The number of nitrogens with one attached hydrogen (secondary N) is 1. The normalized spacial score (nSPS) is 15.8. The first-order valence-corrected chi connectivity index (χ1v) is 9.90. The number of para-hydroxylation sites is 2. The van der Waals surface area contributed by atoms with Crippen molar-refractivity contribution in [3.8, 4) is 5.75 Å². The first-order chi connectivity index (χ1) is 12.6. The summed E-state index contributed by atoms with van der Waals surface area (Å²) < 4.78 is 11.4. The van der Waals surface area contributed by atoms with Crippen LogP contribution in [0.1, 0.15) is 58.3 Å². The zero-order valence-electron chi connectivity index (χ0n) is 16.6. The van der Waals surface area contributed by atoms with Gasteiger partial charge in [0, 0.05) is 0 Å². The third kappa shape index (κ3) is 5.90. The van der Waals surface area contributed by atoms with Gasteiger partial charge in [0.2, 0.25) is 0 Å². The van der Waals surface area contributed by atoms with Gasteiger partial charge in [0.05, 0.1) is 17.8 Å². The zero-order valence-corrected chi connectivity index (χ0v) is 16.6. The van der Waals surface area contributed by atoms with Crippen molar-refractivity contribution in [2.24, 2.45) is 0 Å². The summed E-state index contributed by atoms with van der Waals surface area (Å²) in [4.78, 5) is 14.5. The van der Waals surface area contributed by atoms with Gasteiger partial charge in [0.1, 0.15) is 12.4 Å². The number of likely N-dealkylation sites (N-methyl/N-ethyl adjacent to an activating group) is 1. The van der Waals surface area contributed by atoms with Gasteiger partial charge in [-0.3, -0.25) is 5.32 Å². The maximum absolute atomic E-state index is 12.3. The number of benzene rings is 1. The first kappa shape index (κ1) is 20.6. The van der Waals surface area contributed by atoms with Crippen LogP contribution in [0.25, 0.3) is 0 Å². The fraction of sp³-hybridized carbons (Fsp3) is 0.667. The lowest BCUT2D eigenvalue weighted by Gasteiger charge is -2.35. The Bertz CT molecular complexity index is 554. The maximum atomic E-state index is 12.3. The monoisotopic (exact) mass is 362 g/mol. The van der Waals surface area contributed by atoms with Crippen LogP contribution in [-0.4, -0.2) is 43.8 Å². The van der Waals surface area contributed by atoms with Crippen LogP contribution in [0, 0.1) is 0 Å². The number of rotatable bonds is 10. The lowest BCUT2D eigenvalue weighted by Crippen LogP contribution is -2.46. The van der Waals surface area contributed by atoms with Crippen LogP contribution >= 0.6 is 0 Å². The summed E-state index contributed by atoms with van der Waals surface area (Å²) >= 11 is 0. The second kappa shape index (κ2) is 10.4. The Labute approximate surface area is 158 Å². The second-order valence-corrected chi connectivity index (χ2v) is 7.43. The van der Waals surface area contributed by atoms with Gasteiger partial charge in [0.15, 0.2) is 0 Å². The van der Waals surface area contributed by atoms with E-state index in [0.29, 0.717) is 24.7 Å². The van der Waals surface area contributed by atoms with Crippen molar-refractivity contribution in [3.05, 3.63) is 24.3 Å². The van der Waals surface area contributed by atoms with Gasteiger partial charge in [-0.1, -0.05) is 51.2 Å². The average molecular weight is 363 g/mol. The molecule has 1 N–H and O–H groups in total. The van der Waals surface area contributed by atoms with E-state index in [1.54, 1.807) is 0 Å². The Morgan fingerprint density at radius 2 is 1.88 bits per heavy atom. The van der Waals surface area contributed by atoms with Gasteiger partial charge in [-0.15, -0.1) is 0 Å². The molecule has 0 heterocycles. The van der Waals surface area contributed by atoms with Crippen LogP contribution in [0.5, 0.6) is 5.75 Å². The highest BCUT2D eigenvalue weighted by Gasteiger charge is 2.37. The van der Waals surface area contributed by atoms with E-state index >= 15 is 0 Å². The number of amides is 1. The Hall–Kier alpha value is -1.75. The molecule has 146 valence electrons. The van der Waals surface area contributed by atoms with Crippen molar-refractivity contribution in [1.29, 1.82) is 0 Å². The standard InChI is InChI=1S/C21H34N2O3/c1-4-5-6-11-16-25-19-13-8-7-12-18(19)22-20(24)26-17-21(23(2)3)14-9-10-15-21/h7-8,12-13H,4-6,9-11,14-17H2,1-3H3,(H,22,24). The minimum Gasteiger partial charge on any atom is -0.491 e. The van der Waals surface area contributed by atoms with E-state index in [4.69, 9.17) is 9.47 Å². The molecule has 0 aromatic heterocycles. The van der Waals surface area contributed by atoms with Crippen LogP contribution in [0.4, 0.5) is 10.5 Å². The molecule has 0 atom stereocenters. The average Bonchev–Trinajstić information content (AvgIpc) is 3.12. The van der Waals surface area contributed by atoms with Gasteiger partial charge in [-0.05, 0) is 45.5 Å². The minimum absolute atomic E-state index is 0.0212. The first-order valence-electron chi connectivity index (χ1n) is 9.90. The van der Waals surface area contributed by atoms with Gasteiger partial charge in [0.25, 0.3) is 0 Å². The van der Waals surface area contributed by atoms with Crippen molar-refractivity contribution in [1.82, 2.24) is 4.90 Å². The van der Waals surface area contributed by atoms with E-state index in [9.17, 15) is 4.79 Å². The van der Waals surface area contributed by atoms with Gasteiger partial charge in [-0.2, -0.15) is 0 Å². The molecule has 0 radical (unpaired) electrons. The number of nitrogens with zero attached hydrogens (tertiary/aromatic N) is 1. The van der Waals surface area contributed by atoms with Crippen molar-refractivity contribution < 1.29 is 14.3 Å². The summed E-state index contributed by atoms with van der Waals surface area (Å²) in [5, 5.41) is 2.84. The van der Waals surface area contributed by atoms with Gasteiger partial charge < -0.3 is 14.4 Å². The van der Waals surface area contributed by atoms with Gasteiger partial charge >= 0.3 is 6.09 Å². The van der Waals surface area contributed by atoms with Gasteiger partial charge in [-0.25, -0.2) is 4.79 Å². The molecule has 1 amide bonds. The Morgan fingerprint density at radius 1 is 1.15 bits per heavy atom. The van der Waals surface area contributed by atoms with E-state index in [1.165, 1.54) is 32.1 Å². The minimum atomic E-state index is -0.417. The molecule has 0 saturated heterocycles. The molecule has 1 aromatic rings. The lowest BCUT2D eigenvalue weighted by atomic mass is 9.97. The SMILES string of the molecule is CCCCCCOc1ccccc1NC(=O)OCC1(N(C)C)CCCC1. The second-order valence-electron chi connectivity index (χ2n) is 7.43. The summed E-state index contributed by atoms with van der Waals surface area (Å²) in [6.45, 7) is 3.28. The third-order valence-electron chi connectivity index (χ3n) is 5.33. The number of ether oxygens (including phenoxy) is 2. The zero-order chi connectivity index (χ0) is 18.8. The van der Waals surface area contributed by atoms with Crippen LogP contribution < -0.4 is 10.1 Å². The van der Waals surface area contributed by atoms with E-state index < -0.39 is 6.09 Å². The fourth-order valence-electron chi connectivity index (χ4n) is 3.51. The molecule has 0 bridgehead atoms. The summed E-state index contributed by atoms with van der Waals surface area (Å²) in [5.74, 6) is 0.698. The number of hydrogen-bond acceptors (Lipinski definition) is 4. The highest BCUT2D eigenvalue weighted by molar-refractivity contribution is 5.86. The fourth-order valence-corrected chi connectivity index (χ4v) is 3.51. The van der Waals surface area contributed by atoms with Crippen molar-refractivity contribution >= 4 is 11.8 Å². The number of unbranched alkanes of at least 4 members (excludes halogenated alkanes) is 3. The molecular weight excluding hydrogens is 328 g/mol. The van der Waals surface area contributed by atoms with Crippen molar-refractivity contribution in [2.75, 3.05) is 32.6 Å². The van der Waals surface area contributed by atoms with E-state index in [1.807, 2.05) is 24.3 Å². The molecule has 2 rings (SSSR count). The van der Waals surface area contributed by atoms with Crippen molar-refractivity contribution in [2.45, 2.75) is 63.8 Å². The summed E-state index contributed by atoms with van der Waals surface area (Å²) in [6.07, 6.45) is 8.74. The molecule has 1 fully saturated rings. The predicted octanol–water partition coefficient (Wildman–Crippen LogP) is 5.07. The summed E-state index contributed by atoms with van der Waals surface area (Å²) in [6, 6.07) is 7.53. The molecule has 0 aliphatic heterocycles. The molecule has 5 heteroatoms. The molecule has 0 unspecified atom stereocenters. The highest BCUT2D eigenvalue weighted by atomic mass is 16.6. The Kier molecular flexibility index (Phi) is 8.23. The molecular formula is C21H34N2O3. The molecule has 1 aliphatic rings. The largest absolute Gasteiger partial charge is 0.491 e. The third-order valence-corrected chi connectivity index (χ3v) is 5.33. The predicted molar refractivity (Wildman–Crippen MR) is 106 cm³/mol. The molecule has 26 heavy (non-hydrogen) atoms. The number of carbonyl (C=O) groups is 1. The smallest absolute Gasteiger partial charge is 0.411 e. The molecule has 1 aliphatic carbocycles. The van der Waals surface area contributed by atoms with Crippen LogP contribution in [0.2, 0.25) is 0 Å². The van der Waals surface area contributed by atoms with Crippen LogP contribution in [0.3, 0.4) is 0 Å². The Morgan fingerprint density at radius 3 is 2.58 bits per heavy atom. The van der Waals surface area contributed by atoms with E-state index in [-0.39, 0.29) is 5.54 Å². The summed E-state index contributed by atoms with van der Waals surface area (Å²) in [7, 11) is 4.13. The van der Waals surface area contributed by atoms with Crippen LogP contribution in [-0.2, 0) is 4.74 Å². The summed E-state index contributed by atoms with van der Waals surface area (Å²) in [5.41, 5.74) is 0.644. The molecule has 5 nitrogen and oxygen atoms in total. The number of carbonyl (C=O) groups excluding carboxylic acids is 1. The van der Waals surface area contributed by atoms with Crippen LogP contribution in [0.15, 0.2) is 24.3 Å². The quantitative estimate of drug-likeness (QED) is 0.591. The Balaban J connectivity index is 1.84. The number of anilines is 1. The maximum Gasteiger partial charge on any atom is 0.411 e.